The lowest BCUT2D eigenvalue weighted by Gasteiger charge is -2.07. The predicted octanol–water partition coefficient (Wildman–Crippen LogP) is 1.42. The van der Waals surface area contributed by atoms with Crippen molar-refractivity contribution in [1.29, 1.82) is 0 Å². The van der Waals surface area contributed by atoms with Crippen molar-refractivity contribution in [1.82, 2.24) is 15.5 Å². The Bertz CT molecular complexity index is 351. The first kappa shape index (κ1) is 11.7. The van der Waals surface area contributed by atoms with Crippen LogP contribution in [0, 0.1) is 0 Å². The molecule has 0 saturated carbocycles. The Labute approximate surface area is 87.4 Å². The fourth-order valence-corrected chi connectivity index (χ4v) is 0.809. The highest BCUT2D eigenvalue weighted by Gasteiger charge is 2.28. The third-order valence-electron chi connectivity index (χ3n) is 1.31. The quantitative estimate of drug-likeness (QED) is 0.849. The van der Waals surface area contributed by atoms with Gasteiger partial charge in [-0.3, -0.25) is 4.79 Å². The van der Waals surface area contributed by atoms with Gasteiger partial charge in [0.1, 0.15) is 6.54 Å². The molecule has 8 heteroatoms. The second-order valence-corrected chi connectivity index (χ2v) is 2.93. The zero-order chi connectivity index (χ0) is 11.5. The highest BCUT2D eigenvalue weighted by Crippen LogP contribution is 2.12. The Morgan fingerprint density at radius 3 is 2.53 bits per heavy atom. The summed E-state index contributed by atoms with van der Waals surface area (Å²) in [5, 5.41) is 8.34. The molecular weight excluding hydrogens is 235 g/mol. The highest BCUT2D eigenvalue weighted by molar-refractivity contribution is 6.29. The molecule has 0 saturated heterocycles. The SMILES string of the molecule is O=C(NCC(F)(F)F)c1ccc(Cl)nn1. The van der Waals surface area contributed by atoms with Gasteiger partial charge in [0.05, 0.1) is 0 Å². The number of hydrogen-bond acceptors (Lipinski definition) is 3. The lowest BCUT2D eigenvalue weighted by atomic mass is 10.3. The summed E-state index contributed by atoms with van der Waals surface area (Å²) in [4.78, 5) is 11.0. The molecule has 1 heterocycles. The first-order chi connectivity index (χ1) is 6.88. The maximum absolute atomic E-state index is 11.7. The van der Waals surface area contributed by atoms with Gasteiger partial charge in [0.15, 0.2) is 10.8 Å². The van der Waals surface area contributed by atoms with E-state index in [4.69, 9.17) is 11.6 Å². The van der Waals surface area contributed by atoms with Gasteiger partial charge in [0.2, 0.25) is 0 Å². The van der Waals surface area contributed by atoms with Crippen molar-refractivity contribution >= 4 is 17.5 Å². The fraction of sp³-hybridized carbons (Fsp3) is 0.286. The molecule has 82 valence electrons. The van der Waals surface area contributed by atoms with Crippen molar-refractivity contribution in [3.05, 3.63) is 23.0 Å². The van der Waals surface area contributed by atoms with E-state index in [0.29, 0.717) is 0 Å². The Morgan fingerprint density at radius 2 is 2.07 bits per heavy atom. The minimum atomic E-state index is -4.45. The topological polar surface area (TPSA) is 54.9 Å². The minimum absolute atomic E-state index is 0.0578. The summed E-state index contributed by atoms with van der Waals surface area (Å²) < 4.78 is 35.2. The van der Waals surface area contributed by atoms with E-state index in [1.165, 1.54) is 12.1 Å². The van der Waals surface area contributed by atoms with Gasteiger partial charge in [-0.05, 0) is 12.1 Å². The monoisotopic (exact) mass is 239 g/mol. The molecule has 0 aromatic carbocycles. The number of halogens is 4. The summed E-state index contributed by atoms with van der Waals surface area (Å²) >= 11 is 5.38. The van der Waals surface area contributed by atoms with Crippen LogP contribution in [0.5, 0.6) is 0 Å². The van der Waals surface area contributed by atoms with Crippen LogP contribution in [-0.2, 0) is 0 Å². The van der Waals surface area contributed by atoms with E-state index in [-0.39, 0.29) is 10.8 Å². The van der Waals surface area contributed by atoms with Crippen LogP contribution in [0.3, 0.4) is 0 Å². The van der Waals surface area contributed by atoms with E-state index in [2.05, 4.69) is 10.2 Å². The van der Waals surface area contributed by atoms with E-state index < -0.39 is 18.6 Å². The molecular formula is C7H5ClF3N3O. The Balaban J connectivity index is 2.58. The second-order valence-electron chi connectivity index (χ2n) is 2.54. The van der Waals surface area contributed by atoms with Crippen molar-refractivity contribution < 1.29 is 18.0 Å². The third kappa shape index (κ3) is 4.11. The molecule has 0 aliphatic heterocycles. The molecule has 0 unspecified atom stereocenters. The molecule has 1 aromatic heterocycles. The molecule has 0 spiro atoms. The number of hydrogen-bond donors (Lipinski definition) is 1. The van der Waals surface area contributed by atoms with Gasteiger partial charge in [-0.2, -0.15) is 13.2 Å². The van der Waals surface area contributed by atoms with Crippen LogP contribution in [0.1, 0.15) is 10.5 Å². The molecule has 1 rings (SSSR count). The smallest absolute Gasteiger partial charge is 0.342 e. The lowest BCUT2D eigenvalue weighted by molar-refractivity contribution is -0.123. The van der Waals surface area contributed by atoms with Gasteiger partial charge in [-0.15, -0.1) is 10.2 Å². The predicted molar refractivity (Wildman–Crippen MR) is 45.4 cm³/mol. The third-order valence-corrected chi connectivity index (χ3v) is 1.52. The zero-order valence-corrected chi connectivity index (χ0v) is 7.93. The van der Waals surface area contributed by atoms with Crippen molar-refractivity contribution in [3.8, 4) is 0 Å². The normalized spacial score (nSPS) is 11.2. The molecule has 1 N–H and O–H groups in total. The number of alkyl halides is 3. The molecule has 0 fully saturated rings. The number of nitrogens with zero attached hydrogens (tertiary/aromatic N) is 2. The van der Waals surface area contributed by atoms with E-state index in [1.54, 1.807) is 5.32 Å². The zero-order valence-electron chi connectivity index (χ0n) is 7.18. The second kappa shape index (κ2) is 4.43. The first-order valence-electron chi connectivity index (χ1n) is 3.73. The molecule has 0 atom stereocenters. The summed E-state index contributed by atoms with van der Waals surface area (Å²) in [6.45, 7) is -1.41. The van der Waals surface area contributed by atoms with Crippen LogP contribution in [0.2, 0.25) is 5.15 Å². The van der Waals surface area contributed by atoms with E-state index in [0.717, 1.165) is 0 Å². The van der Waals surface area contributed by atoms with Gasteiger partial charge in [0, 0.05) is 0 Å². The van der Waals surface area contributed by atoms with E-state index in [9.17, 15) is 18.0 Å². The number of nitrogens with one attached hydrogen (secondary N) is 1. The maximum Gasteiger partial charge on any atom is 0.405 e. The standard InChI is InChI=1S/C7H5ClF3N3O/c8-5-2-1-4(13-14-5)6(15)12-3-7(9,10)11/h1-2H,3H2,(H,12,15). The van der Waals surface area contributed by atoms with E-state index >= 15 is 0 Å². The minimum Gasteiger partial charge on any atom is -0.342 e. The summed E-state index contributed by atoms with van der Waals surface area (Å²) in [7, 11) is 0. The Morgan fingerprint density at radius 1 is 1.40 bits per heavy atom. The van der Waals surface area contributed by atoms with Crippen LogP contribution in [0.25, 0.3) is 0 Å². The number of carbonyl (C=O) groups excluding carboxylic acids is 1. The van der Waals surface area contributed by atoms with Crippen LogP contribution in [0.15, 0.2) is 12.1 Å². The Hall–Kier alpha value is -1.37. The van der Waals surface area contributed by atoms with E-state index in [1.807, 2.05) is 0 Å². The van der Waals surface area contributed by atoms with Crippen molar-refractivity contribution in [2.24, 2.45) is 0 Å². The summed E-state index contributed by atoms with van der Waals surface area (Å²) in [6.07, 6.45) is -4.45. The summed E-state index contributed by atoms with van der Waals surface area (Å²) in [5.74, 6) is -0.948. The summed E-state index contributed by atoms with van der Waals surface area (Å²) in [6, 6.07) is 2.44. The van der Waals surface area contributed by atoms with Crippen molar-refractivity contribution in [2.45, 2.75) is 6.18 Å². The number of rotatable bonds is 2. The van der Waals surface area contributed by atoms with Gasteiger partial charge in [0.25, 0.3) is 5.91 Å². The van der Waals surface area contributed by atoms with Gasteiger partial charge in [-0.25, -0.2) is 0 Å². The molecule has 0 bridgehead atoms. The van der Waals surface area contributed by atoms with Crippen LogP contribution in [-0.4, -0.2) is 28.8 Å². The highest BCUT2D eigenvalue weighted by atomic mass is 35.5. The van der Waals surface area contributed by atoms with Gasteiger partial charge < -0.3 is 5.32 Å². The van der Waals surface area contributed by atoms with Crippen molar-refractivity contribution in [3.63, 3.8) is 0 Å². The first-order valence-corrected chi connectivity index (χ1v) is 4.10. The number of carbonyl (C=O) groups is 1. The molecule has 0 radical (unpaired) electrons. The van der Waals surface area contributed by atoms with Crippen molar-refractivity contribution in [2.75, 3.05) is 6.54 Å². The average molecular weight is 240 g/mol. The molecule has 0 aliphatic rings. The average Bonchev–Trinajstić information content (AvgIpc) is 2.14. The molecule has 0 aliphatic carbocycles. The molecule has 4 nitrogen and oxygen atoms in total. The lowest BCUT2D eigenvalue weighted by Crippen LogP contribution is -2.34. The molecule has 1 aromatic rings. The van der Waals surface area contributed by atoms with Gasteiger partial charge >= 0.3 is 6.18 Å². The maximum atomic E-state index is 11.7. The van der Waals surface area contributed by atoms with Crippen LogP contribution >= 0.6 is 11.6 Å². The molecule has 1 amide bonds. The fourth-order valence-electron chi connectivity index (χ4n) is 0.708. The number of aromatic nitrogens is 2. The van der Waals surface area contributed by atoms with Crippen LogP contribution < -0.4 is 5.32 Å². The Kier molecular flexibility index (Phi) is 3.46. The largest absolute Gasteiger partial charge is 0.405 e. The molecule has 15 heavy (non-hydrogen) atoms. The van der Waals surface area contributed by atoms with Gasteiger partial charge in [-0.1, -0.05) is 11.6 Å². The number of amides is 1. The summed E-state index contributed by atoms with van der Waals surface area (Å²) in [5.41, 5.74) is -0.219. The van der Waals surface area contributed by atoms with Crippen LogP contribution in [0.4, 0.5) is 13.2 Å².